The van der Waals surface area contributed by atoms with Gasteiger partial charge in [-0.15, -0.1) is 0 Å². The van der Waals surface area contributed by atoms with Gasteiger partial charge in [0.15, 0.2) is 5.82 Å². The molecule has 0 unspecified atom stereocenters. The molecule has 0 saturated carbocycles. The Balaban J connectivity index is 1.85. The molecule has 7 heteroatoms. The van der Waals surface area contributed by atoms with Gasteiger partial charge in [0.1, 0.15) is 0 Å². The van der Waals surface area contributed by atoms with E-state index in [4.69, 9.17) is 14.6 Å². The van der Waals surface area contributed by atoms with E-state index in [2.05, 4.69) is 23.0 Å². The minimum absolute atomic E-state index is 0.0242. The first-order valence-electron chi connectivity index (χ1n) is 9.55. The van der Waals surface area contributed by atoms with Crippen molar-refractivity contribution in [2.45, 2.75) is 32.6 Å². The number of nitrogens with zero attached hydrogens (tertiary/aromatic N) is 4. The second-order valence-electron chi connectivity index (χ2n) is 6.77. The molecule has 0 aromatic carbocycles. The number of pyridine rings is 2. The third-order valence-corrected chi connectivity index (χ3v) is 4.90. The summed E-state index contributed by atoms with van der Waals surface area (Å²) in [5, 5.41) is 4.86. The van der Waals surface area contributed by atoms with Crippen LogP contribution in [0.5, 0.6) is 5.88 Å². The zero-order valence-electron chi connectivity index (χ0n) is 16.1. The standard InChI is InChI=1S/C21H23FN4O2/c1-3-4-15-11-14(5-8-23-15)20-17-6-9-28-10-7-19(17)26(25-20)16-12-18(22)21(27-2)24-13-16/h5,8,11-13H,3-4,6-7,9-10H2,1-2H3. The van der Waals surface area contributed by atoms with Crippen LogP contribution in [-0.4, -0.2) is 40.1 Å². The third kappa shape index (κ3) is 3.49. The van der Waals surface area contributed by atoms with Gasteiger partial charge in [-0.3, -0.25) is 4.98 Å². The quantitative estimate of drug-likeness (QED) is 0.675. The number of rotatable bonds is 5. The van der Waals surface area contributed by atoms with Gasteiger partial charge in [0, 0.05) is 35.5 Å². The lowest BCUT2D eigenvalue weighted by Gasteiger charge is -2.08. The van der Waals surface area contributed by atoms with Crippen molar-refractivity contribution in [2.24, 2.45) is 0 Å². The maximum atomic E-state index is 14.3. The van der Waals surface area contributed by atoms with Crippen molar-refractivity contribution in [3.63, 3.8) is 0 Å². The normalized spacial score (nSPS) is 13.8. The fourth-order valence-electron chi connectivity index (χ4n) is 3.60. The van der Waals surface area contributed by atoms with Crippen LogP contribution in [0, 0.1) is 5.82 Å². The van der Waals surface area contributed by atoms with E-state index in [1.165, 1.54) is 13.2 Å². The van der Waals surface area contributed by atoms with E-state index < -0.39 is 5.82 Å². The molecule has 4 rings (SSSR count). The summed E-state index contributed by atoms with van der Waals surface area (Å²) in [5.41, 5.74) is 5.72. The number of hydrogen-bond acceptors (Lipinski definition) is 5. The zero-order valence-corrected chi connectivity index (χ0v) is 16.1. The average molecular weight is 382 g/mol. The number of methoxy groups -OCH3 is 1. The second kappa shape index (κ2) is 8.06. The summed E-state index contributed by atoms with van der Waals surface area (Å²) in [6.07, 6.45) is 6.85. The molecule has 0 bridgehead atoms. The van der Waals surface area contributed by atoms with Crippen LogP contribution in [0.2, 0.25) is 0 Å². The molecule has 146 valence electrons. The van der Waals surface area contributed by atoms with Crippen LogP contribution in [0.1, 0.15) is 30.3 Å². The first-order chi connectivity index (χ1) is 13.7. The molecule has 0 aliphatic carbocycles. The summed E-state index contributed by atoms with van der Waals surface area (Å²) in [4.78, 5) is 8.51. The molecule has 0 atom stereocenters. The van der Waals surface area contributed by atoms with E-state index in [1.54, 1.807) is 10.9 Å². The minimum atomic E-state index is -0.509. The highest BCUT2D eigenvalue weighted by Crippen LogP contribution is 2.30. The lowest BCUT2D eigenvalue weighted by atomic mass is 10.0. The Hall–Kier alpha value is -2.80. The molecule has 0 N–H and O–H groups in total. The Morgan fingerprint density at radius 2 is 2.07 bits per heavy atom. The highest BCUT2D eigenvalue weighted by molar-refractivity contribution is 5.65. The van der Waals surface area contributed by atoms with Crippen molar-refractivity contribution >= 4 is 0 Å². The lowest BCUT2D eigenvalue weighted by Crippen LogP contribution is -2.06. The van der Waals surface area contributed by atoms with Gasteiger partial charge in [-0.25, -0.2) is 14.1 Å². The van der Waals surface area contributed by atoms with E-state index in [0.717, 1.165) is 47.5 Å². The van der Waals surface area contributed by atoms with Crippen molar-refractivity contribution in [1.29, 1.82) is 0 Å². The van der Waals surface area contributed by atoms with Crippen LogP contribution in [0.15, 0.2) is 30.6 Å². The van der Waals surface area contributed by atoms with Crippen molar-refractivity contribution in [2.75, 3.05) is 20.3 Å². The fraction of sp³-hybridized carbons (Fsp3) is 0.381. The first-order valence-corrected chi connectivity index (χ1v) is 9.55. The number of fused-ring (bicyclic) bond motifs is 1. The van der Waals surface area contributed by atoms with E-state index >= 15 is 0 Å². The predicted molar refractivity (Wildman–Crippen MR) is 103 cm³/mol. The minimum Gasteiger partial charge on any atom is -0.479 e. The van der Waals surface area contributed by atoms with Crippen LogP contribution in [0.4, 0.5) is 4.39 Å². The monoisotopic (exact) mass is 382 g/mol. The van der Waals surface area contributed by atoms with Crippen molar-refractivity contribution in [1.82, 2.24) is 19.7 Å². The van der Waals surface area contributed by atoms with Crippen LogP contribution >= 0.6 is 0 Å². The van der Waals surface area contributed by atoms with Crippen molar-refractivity contribution in [3.8, 4) is 22.8 Å². The first kappa shape index (κ1) is 18.6. The molecule has 6 nitrogen and oxygen atoms in total. The maximum absolute atomic E-state index is 14.3. The molecule has 1 aliphatic rings. The lowest BCUT2D eigenvalue weighted by molar-refractivity contribution is 0.145. The summed E-state index contributed by atoms with van der Waals surface area (Å²) in [5.74, 6) is -0.534. The number of aromatic nitrogens is 4. The maximum Gasteiger partial charge on any atom is 0.250 e. The summed E-state index contributed by atoms with van der Waals surface area (Å²) in [6.45, 7) is 3.40. The summed E-state index contributed by atoms with van der Waals surface area (Å²) >= 11 is 0. The molecule has 3 aromatic rings. The van der Waals surface area contributed by atoms with E-state index in [9.17, 15) is 4.39 Å². The Labute approximate surface area is 163 Å². The number of hydrogen-bond donors (Lipinski definition) is 0. The number of aryl methyl sites for hydroxylation is 1. The summed E-state index contributed by atoms with van der Waals surface area (Å²) in [6, 6.07) is 5.48. The van der Waals surface area contributed by atoms with Crippen LogP contribution < -0.4 is 4.74 Å². The molecule has 0 radical (unpaired) electrons. The molecular weight excluding hydrogens is 359 g/mol. The Morgan fingerprint density at radius 1 is 1.21 bits per heavy atom. The van der Waals surface area contributed by atoms with Gasteiger partial charge in [-0.1, -0.05) is 13.3 Å². The van der Waals surface area contributed by atoms with Gasteiger partial charge in [0.2, 0.25) is 5.88 Å². The van der Waals surface area contributed by atoms with Gasteiger partial charge in [0.05, 0.1) is 43.6 Å². The smallest absolute Gasteiger partial charge is 0.250 e. The Morgan fingerprint density at radius 3 is 2.86 bits per heavy atom. The molecule has 0 spiro atoms. The third-order valence-electron chi connectivity index (χ3n) is 4.90. The van der Waals surface area contributed by atoms with Gasteiger partial charge in [-0.2, -0.15) is 5.10 Å². The molecule has 0 fully saturated rings. The molecule has 28 heavy (non-hydrogen) atoms. The molecular formula is C21H23FN4O2. The van der Waals surface area contributed by atoms with E-state index in [1.807, 2.05) is 12.3 Å². The fourth-order valence-corrected chi connectivity index (χ4v) is 3.60. The van der Waals surface area contributed by atoms with Gasteiger partial charge >= 0.3 is 0 Å². The van der Waals surface area contributed by atoms with Crippen LogP contribution in [0.25, 0.3) is 16.9 Å². The second-order valence-corrected chi connectivity index (χ2v) is 6.77. The SMILES string of the molecule is CCCc1cc(-c2nn(-c3cnc(OC)c(F)c3)c3c2CCOCC3)ccn1. The molecule has 0 saturated heterocycles. The number of ether oxygens (including phenoxy) is 2. The number of halogens is 1. The van der Waals surface area contributed by atoms with Gasteiger partial charge in [0.25, 0.3) is 0 Å². The largest absolute Gasteiger partial charge is 0.479 e. The molecule has 1 aliphatic heterocycles. The van der Waals surface area contributed by atoms with Gasteiger partial charge in [-0.05, 0) is 25.0 Å². The van der Waals surface area contributed by atoms with Crippen LogP contribution in [-0.2, 0) is 24.0 Å². The van der Waals surface area contributed by atoms with E-state index in [0.29, 0.717) is 25.3 Å². The average Bonchev–Trinajstić information content (AvgIpc) is 2.89. The predicted octanol–water partition coefficient (Wildman–Crippen LogP) is 3.54. The van der Waals surface area contributed by atoms with Crippen LogP contribution in [0.3, 0.4) is 0 Å². The Kier molecular flexibility index (Phi) is 5.34. The topological polar surface area (TPSA) is 62.1 Å². The highest BCUT2D eigenvalue weighted by atomic mass is 19.1. The Bertz CT molecular complexity index is 987. The molecule has 4 heterocycles. The summed E-state index contributed by atoms with van der Waals surface area (Å²) < 4.78 is 26.7. The molecule has 0 amide bonds. The zero-order chi connectivity index (χ0) is 19.5. The van der Waals surface area contributed by atoms with Crippen molar-refractivity contribution in [3.05, 3.63) is 53.4 Å². The van der Waals surface area contributed by atoms with E-state index in [-0.39, 0.29) is 5.88 Å². The molecule has 3 aromatic heterocycles. The summed E-state index contributed by atoms with van der Waals surface area (Å²) in [7, 11) is 1.40. The van der Waals surface area contributed by atoms with Gasteiger partial charge < -0.3 is 9.47 Å². The van der Waals surface area contributed by atoms with Crippen molar-refractivity contribution < 1.29 is 13.9 Å². The highest BCUT2D eigenvalue weighted by Gasteiger charge is 2.23.